The first-order chi connectivity index (χ1) is 4.77. The van der Waals surface area contributed by atoms with Gasteiger partial charge in [-0.25, -0.2) is 0 Å². The lowest BCUT2D eigenvalue weighted by Crippen LogP contribution is -1.98. The highest BCUT2D eigenvalue weighted by Gasteiger charge is 1.94. The molecule has 0 aliphatic heterocycles. The minimum absolute atomic E-state index is 0. The largest absolute Gasteiger partial charge is 0.396 e. The van der Waals surface area contributed by atoms with Gasteiger partial charge in [0.05, 0.1) is 6.10 Å². The maximum atomic E-state index is 8.86. The van der Waals surface area contributed by atoms with Crippen LogP contribution < -0.4 is 6.15 Å². The zero-order valence-electron chi connectivity index (χ0n) is 7.42. The molecular formula is C8H21NO2. The summed E-state index contributed by atoms with van der Waals surface area (Å²) in [5, 5.41) is 17.3. The molecule has 0 saturated carbocycles. The Morgan fingerprint density at radius 3 is 2.09 bits per heavy atom. The fraction of sp³-hybridized carbons (Fsp3) is 1.00. The molecule has 0 saturated heterocycles. The van der Waals surface area contributed by atoms with Gasteiger partial charge in [-0.3, -0.25) is 0 Å². The van der Waals surface area contributed by atoms with Crippen molar-refractivity contribution in [3.8, 4) is 0 Å². The van der Waals surface area contributed by atoms with Gasteiger partial charge in [-0.2, -0.15) is 0 Å². The van der Waals surface area contributed by atoms with Gasteiger partial charge in [0.25, 0.3) is 0 Å². The first-order valence-corrected chi connectivity index (χ1v) is 4.06. The quantitative estimate of drug-likeness (QED) is 0.519. The van der Waals surface area contributed by atoms with Crippen LogP contribution in [0.1, 0.15) is 39.0 Å². The first kappa shape index (κ1) is 13.5. The summed E-state index contributed by atoms with van der Waals surface area (Å²) in [4.78, 5) is 0. The van der Waals surface area contributed by atoms with Crippen LogP contribution in [0.15, 0.2) is 0 Å². The molecule has 5 N–H and O–H groups in total. The van der Waals surface area contributed by atoms with Gasteiger partial charge in [0.2, 0.25) is 0 Å². The van der Waals surface area contributed by atoms with E-state index < -0.39 is 0 Å². The Balaban J connectivity index is 0. The Labute approximate surface area is 69.0 Å². The first-order valence-electron chi connectivity index (χ1n) is 4.06. The zero-order valence-corrected chi connectivity index (χ0v) is 7.42. The van der Waals surface area contributed by atoms with E-state index in [2.05, 4.69) is 0 Å². The summed E-state index contributed by atoms with van der Waals surface area (Å²) in [7, 11) is 0. The number of rotatable bonds is 6. The molecule has 0 heterocycles. The fourth-order valence-corrected chi connectivity index (χ4v) is 0.905. The van der Waals surface area contributed by atoms with Gasteiger partial charge >= 0.3 is 0 Å². The van der Waals surface area contributed by atoms with Crippen LogP contribution in [0.2, 0.25) is 0 Å². The van der Waals surface area contributed by atoms with Crippen LogP contribution >= 0.6 is 0 Å². The Bertz CT molecular complexity index is 67.1. The SMILES string of the molecule is CC(O)CCCCCCO.N. The molecule has 0 aliphatic carbocycles. The predicted octanol–water partition coefficient (Wildman–Crippen LogP) is 1.47. The van der Waals surface area contributed by atoms with E-state index in [9.17, 15) is 0 Å². The standard InChI is InChI=1S/C8H18O2.H3N/c1-8(10)6-4-2-3-5-7-9;/h8-10H,2-7H2,1H3;1H3. The van der Waals surface area contributed by atoms with Gasteiger partial charge in [0.1, 0.15) is 0 Å². The second kappa shape index (κ2) is 9.88. The van der Waals surface area contributed by atoms with Gasteiger partial charge in [0, 0.05) is 6.61 Å². The van der Waals surface area contributed by atoms with Gasteiger partial charge in [-0.05, 0) is 19.8 Å². The average Bonchev–Trinajstić information content (AvgIpc) is 1.87. The summed E-state index contributed by atoms with van der Waals surface area (Å²) in [6, 6.07) is 0. The summed E-state index contributed by atoms with van der Waals surface area (Å²) < 4.78 is 0. The molecule has 0 radical (unpaired) electrons. The van der Waals surface area contributed by atoms with E-state index in [-0.39, 0.29) is 12.3 Å². The van der Waals surface area contributed by atoms with Crippen LogP contribution in [-0.2, 0) is 0 Å². The van der Waals surface area contributed by atoms with Crippen molar-refractivity contribution in [2.24, 2.45) is 0 Å². The molecule has 1 atom stereocenters. The molecule has 0 aromatic rings. The Kier molecular flexibility index (Phi) is 12.1. The molecule has 0 amide bonds. The highest BCUT2D eigenvalue weighted by atomic mass is 16.3. The predicted molar refractivity (Wildman–Crippen MR) is 46.9 cm³/mol. The number of unbranched alkanes of at least 4 members (excludes halogenated alkanes) is 3. The molecular weight excluding hydrogens is 142 g/mol. The van der Waals surface area contributed by atoms with Gasteiger partial charge in [0.15, 0.2) is 0 Å². The minimum atomic E-state index is -0.158. The topological polar surface area (TPSA) is 75.5 Å². The third kappa shape index (κ3) is 13.0. The summed E-state index contributed by atoms with van der Waals surface area (Å²) >= 11 is 0. The molecule has 0 aromatic carbocycles. The van der Waals surface area contributed by atoms with E-state index in [1.54, 1.807) is 0 Å². The molecule has 11 heavy (non-hydrogen) atoms. The van der Waals surface area contributed by atoms with E-state index >= 15 is 0 Å². The highest BCUT2D eigenvalue weighted by Crippen LogP contribution is 2.04. The van der Waals surface area contributed by atoms with Crippen molar-refractivity contribution in [3.05, 3.63) is 0 Å². The van der Waals surface area contributed by atoms with Crippen molar-refractivity contribution in [1.82, 2.24) is 6.15 Å². The van der Waals surface area contributed by atoms with E-state index in [0.29, 0.717) is 6.61 Å². The maximum absolute atomic E-state index is 8.86. The van der Waals surface area contributed by atoms with Crippen LogP contribution in [0.5, 0.6) is 0 Å². The Hall–Kier alpha value is -0.120. The van der Waals surface area contributed by atoms with Crippen molar-refractivity contribution in [3.63, 3.8) is 0 Å². The van der Waals surface area contributed by atoms with Gasteiger partial charge in [-0.15, -0.1) is 0 Å². The average molecular weight is 163 g/mol. The van der Waals surface area contributed by atoms with Crippen LogP contribution in [0.4, 0.5) is 0 Å². The molecule has 1 unspecified atom stereocenters. The van der Waals surface area contributed by atoms with E-state index in [1.807, 2.05) is 6.92 Å². The smallest absolute Gasteiger partial charge is 0.0512 e. The van der Waals surface area contributed by atoms with Crippen LogP contribution in [0.3, 0.4) is 0 Å². The van der Waals surface area contributed by atoms with Crippen molar-refractivity contribution in [2.75, 3.05) is 6.61 Å². The van der Waals surface area contributed by atoms with Gasteiger partial charge < -0.3 is 16.4 Å². The molecule has 70 valence electrons. The summed E-state index contributed by atoms with van der Waals surface area (Å²) in [5.74, 6) is 0. The van der Waals surface area contributed by atoms with E-state index in [4.69, 9.17) is 10.2 Å². The maximum Gasteiger partial charge on any atom is 0.0512 e. The lowest BCUT2D eigenvalue weighted by atomic mass is 10.1. The second-order valence-corrected chi connectivity index (χ2v) is 2.78. The van der Waals surface area contributed by atoms with Crippen LogP contribution in [-0.4, -0.2) is 22.9 Å². The third-order valence-electron chi connectivity index (χ3n) is 1.53. The van der Waals surface area contributed by atoms with Crippen molar-refractivity contribution in [1.29, 1.82) is 0 Å². The normalized spacial score (nSPS) is 12.3. The van der Waals surface area contributed by atoms with Crippen LogP contribution in [0.25, 0.3) is 0 Å². The lowest BCUT2D eigenvalue weighted by Gasteiger charge is -2.01. The number of hydrogen-bond acceptors (Lipinski definition) is 3. The summed E-state index contributed by atoms with van der Waals surface area (Å²) in [5.41, 5.74) is 0. The molecule has 0 aliphatic rings. The van der Waals surface area contributed by atoms with Crippen LogP contribution in [0, 0.1) is 0 Å². The monoisotopic (exact) mass is 163 g/mol. The zero-order chi connectivity index (χ0) is 7.82. The van der Waals surface area contributed by atoms with E-state index in [0.717, 1.165) is 32.1 Å². The van der Waals surface area contributed by atoms with E-state index in [1.165, 1.54) is 0 Å². The fourth-order valence-electron chi connectivity index (χ4n) is 0.905. The third-order valence-corrected chi connectivity index (χ3v) is 1.53. The number of aliphatic hydroxyl groups excluding tert-OH is 2. The van der Waals surface area contributed by atoms with Crippen molar-refractivity contribution in [2.45, 2.75) is 45.1 Å². The number of aliphatic hydroxyl groups is 2. The van der Waals surface area contributed by atoms with Crippen molar-refractivity contribution >= 4 is 0 Å². The molecule has 3 heteroatoms. The number of hydrogen-bond donors (Lipinski definition) is 3. The molecule has 0 bridgehead atoms. The molecule has 0 aromatic heterocycles. The lowest BCUT2D eigenvalue weighted by molar-refractivity contribution is 0.180. The molecule has 0 spiro atoms. The molecule has 0 fully saturated rings. The Morgan fingerprint density at radius 1 is 1.09 bits per heavy atom. The molecule has 3 nitrogen and oxygen atoms in total. The second-order valence-electron chi connectivity index (χ2n) is 2.78. The highest BCUT2D eigenvalue weighted by molar-refractivity contribution is 4.48. The summed E-state index contributed by atoms with van der Waals surface area (Å²) in [6.45, 7) is 2.11. The minimum Gasteiger partial charge on any atom is -0.396 e. The summed E-state index contributed by atoms with van der Waals surface area (Å²) in [6.07, 6.45) is 4.94. The Morgan fingerprint density at radius 2 is 1.64 bits per heavy atom. The van der Waals surface area contributed by atoms with Gasteiger partial charge in [-0.1, -0.05) is 19.3 Å². The molecule has 0 rings (SSSR count). The van der Waals surface area contributed by atoms with Crippen molar-refractivity contribution < 1.29 is 10.2 Å².